The molecule has 0 fully saturated rings. The summed E-state index contributed by atoms with van der Waals surface area (Å²) in [6.45, 7) is 0.685. The van der Waals surface area contributed by atoms with Gasteiger partial charge in [0.2, 0.25) is 0 Å². The molecule has 25 heavy (non-hydrogen) atoms. The summed E-state index contributed by atoms with van der Waals surface area (Å²) >= 11 is 1.93. The minimum atomic E-state index is -1.40. The predicted octanol–water partition coefficient (Wildman–Crippen LogP) is -1.98. The van der Waals surface area contributed by atoms with E-state index in [1.807, 2.05) is 27.2 Å². The Kier molecular flexibility index (Phi) is 4.97. The van der Waals surface area contributed by atoms with Gasteiger partial charge in [0.25, 0.3) is 5.91 Å². The van der Waals surface area contributed by atoms with E-state index in [1.165, 1.54) is 6.07 Å². The Morgan fingerprint density at radius 3 is 2.88 bits per heavy atom. The zero-order chi connectivity index (χ0) is 17.0. The van der Waals surface area contributed by atoms with Crippen molar-refractivity contribution in [2.24, 2.45) is 0 Å². The quantitative estimate of drug-likeness (QED) is 0.404. The van der Waals surface area contributed by atoms with Crippen molar-refractivity contribution in [1.82, 2.24) is 14.5 Å². The van der Waals surface area contributed by atoms with Gasteiger partial charge in [-0.05, 0) is 47.6 Å². The van der Waals surface area contributed by atoms with E-state index < -0.39 is 23.7 Å². The summed E-state index contributed by atoms with van der Waals surface area (Å²) in [6.07, 6.45) is 3.21. The molecule has 2 aromatic rings. The van der Waals surface area contributed by atoms with Crippen LogP contribution < -0.4 is 24.0 Å². The van der Waals surface area contributed by atoms with Crippen LogP contribution in [0.5, 0.6) is 0 Å². The summed E-state index contributed by atoms with van der Waals surface area (Å²) in [6, 6.07) is 1.60. The Hall–Kier alpha value is -1.37. The molecule has 1 unspecified atom stereocenters. The van der Waals surface area contributed by atoms with Crippen molar-refractivity contribution in [3.8, 4) is 0 Å². The number of halogens is 2. The topological polar surface area (TPSA) is 78.3 Å². The molecule has 3 heterocycles. The molecule has 1 aromatic carbocycles. The Morgan fingerprint density at radius 2 is 2.16 bits per heavy atom. The molecule has 2 aliphatic heterocycles. The predicted molar refractivity (Wildman–Crippen MR) is 87.3 cm³/mol. The molecule has 1 atom stereocenters. The van der Waals surface area contributed by atoms with Gasteiger partial charge in [-0.2, -0.15) is 0 Å². The zero-order valence-corrected chi connectivity index (χ0v) is 15.6. The number of rotatable bonds is 3. The summed E-state index contributed by atoms with van der Waals surface area (Å²) in [5.41, 5.74) is 1.57. The van der Waals surface area contributed by atoms with Gasteiger partial charge in [-0.1, -0.05) is 0 Å². The van der Waals surface area contributed by atoms with Crippen molar-refractivity contribution in [3.63, 3.8) is 0 Å². The second-order valence-corrected chi connectivity index (χ2v) is 7.19. The maximum atomic E-state index is 14.2. The molecular weight excluding hydrogens is 435 g/mol. The van der Waals surface area contributed by atoms with Crippen molar-refractivity contribution in [2.75, 3.05) is 0 Å². The van der Waals surface area contributed by atoms with Gasteiger partial charge in [-0.25, -0.2) is 9.37 Å². The Labute approximate surface area is 168 Å². The van der Waals surface area contributed by atoms with Crippen molar-refractivity contribution >= 4 is 34.5 Å². The van der Waals surface area contributed by atoms with Crippen LogP contribution in [0.25, 0.3) is 0 Å². The third-order valence-corrected chi connectivity index (χ3v) is 5.19. The third-order valence-electron chi connectivity index (χ3n) is 4.57. The van der Waals surface area contributed by atoms with Gasteiger partial charge in [0, 0.05) is 26.9 Å². The molecule has 0 spiro atoms. The molecular formula is C16H12FILiN3O3. The van der Waals surface area contributed by atoms with Crippen LogP contribution >= 0.6 is 22.6 Å². The van der Waals surface area contributed by atoms with E-state index in [2.05, 4.69) is 4.98 Å². The number of carbonyl (C=O) groups is 2. The molecule has 0 bridgehead atoms. The average Bonchev–Trinajstić information content (AvgIpc) is 3.18. The summed E-state index contributed by atoms with van der Waals surface area (Å²) < 4.78 is 16.6. The van der Waals surface area contributed by atoms with E-state index in [9.17, 15) is 19.1 Å². The molecule has 4 rings (SSSR count). The number of amides is 1. The van der Waals surface area contributed by atoms with Crippen molar-refractivity contribution in [2.45, 2.75) is 32.0 Å². The molecule has 9 heteroatoms. The normalized spacial score (nSPS) is 16.4. The van der Waals surface area contributed by atoms with Gasteiger partial charge in [0.15, 0.2) is 0 Å². The SMILES string of the molecule is O=C([O-])C(c1ncn2c1CCC2)N1Cc2c(F)cc(I)cc2C1=O.[Li+]. The summed E-state index contributed by atoms with van der Waals surface area (Å²) in [5, 5.41) is 11.8. The number of imidazole rings is 1. The monoisotopic (exact) mass is 447 g/mol. The molecule has 6 nitrogen and oxygen atoms in total. The number of aromatic nitrogens is 2. The van der Waals surface area contributed by atoms with E-state index in [0.29, 0.717) is 15.7 Å². The molecule has 0 N–H and O–H groups in total. The molecule has 0 aliphatic carbocycles. The van der Waals surface area contributed by atoms with Crippen LogP contribution in [-0.4, -0.2) is 26.3 Å². The fourth-order valence-electron chi connectivity index (χ4n) is 3.48. The van der Waals surface area contributed by atoms with Gasteiger partial charge in [-0.15, -0.1) is 0 Å². The van der Waals surface area contributed by atoms with E-state index in [4.69, 9.17) is 0 Å². The van der Waals surface area contributed by atoms with Gasteiger partial charge in [-0.3, -0.25) is 4.79 Å². The number of carboxylic acid groups (broad SMARTS) is 1. The van der Waals surface area contributed by atoms with Gasteiger partial charge in [0.05, 0.1) is 24.5 Å². The number of nitrogens with zero attached hydrogens (tertiary/aromatic N) is 3. The second-order valence-electron chi connectivity index (χ2n) is 5.94. The van der Waals surface area contributed by atoms with Crippen LogP contribution in [-0.2, 0) is 24.3 Å². The van der Waals surface area contributed by atoms with Crippen LogP contribution in [0.4, 0.5) is 4.39 Å². The van der Waals surface area contributed by atoms with Gasteiger partial charge < -0.3 is 19.4 Å². The number of hydrogen-bond acceptors (Lipinski definition) is 4. The molecule has 0 saturated carbocycles. The minimum Gasteiger partial charge on any atom is -0.547 e. The number of benzene rings is 1. The van der Waals surface area contributed by atoms with E-state index in [-0.39, 0.29) is 36.5 Å². The van der Waals surface area contributed by atoms with Crippen LogP contribution in [0.1, 0.15) is 39.8 Å². The number of aliphatic carboxylic acids is 1. The third kappa shape index (κ3) is 2.90. The molecule has 1 amide bonds. The Bertz CT molecular complexity index is 886. The molecule has 0 saturated heterocycles. The fourth-order valence-corrected chi connectivity index (χ4v) is 4.06. The standard InChI is InChI=1S/C16H13FIN3O3.Li/c17-11-5-8(18)4-9-10(11)6-21(15(9)22)14(16(23)24)13-12-2-1-3-20(12)7-19-13;/h4-5,7,14H,1-3,6H2,(H,23,24);/q;+1/p-1. The zero-order valence-electron chi connectivity index (χ0n) is 13.5. The minimum absolute atomic E-state index is 0. The summed E-state index contributed by atoms with van der Waals surface area (Å²) in [5.74, 6) is -2.41. The number of carboxylic acids is 1. The van der Waals surface area contributed by atoms with Crippen LogP contribution in [0.15, 0.2) is 18.5 Å². The second kappa shape index (κ2) is 6.74. The molecule has 2 aliphatic rings. The van der Waals surface area contributed by atoms with E-state index in [1.54, 1.807) is 12.4 Å². The first-order valence-electron chi connectivity index (χ1n) is 7.51. The molecule has 0 radical (unpaired) electrons. The summed E-state index contributed by atoms with van der Waals surface area (Å²) in [7, 11) is 0. The average molecular weight is 447 g/mol. The summed E-state index contributed by atoms with van der Waals surface area (Å²) in [4.78, 5) is 29.8. The molecule has 1 aromatic heterocycles. The van der Waals surface area contributed by atoms with Crippen molar-refractivity contribution in [1.29, 1.82) is 0 Å². The Balaban J connectivity index is 0.00000182. The molecule has 124 valence electrons. The van der Waals surface area contributed by atoms with E-state index >= 15 is 0 Å². The van der Waals surface area contributed by atoms with E-state index in [0.717, 1.165) is 23.6 Å². The maximum Gasteiger partial charge on any atom is 1.00 e. The van der Waals surface area contributed by atoms with Gasteiger partial charge in [0.1, 0.15) is 11.9 Å². The fraction of sp³-hybridized carbons (Fsp3) is 0.312. The van der Waals surface area contributed by atoms with Crippen molar-refractivity contribution in [3.05, 3.63) is 50.4 Å². The smallest absolute Gasteiger partial charge is 0.547 e. The number of fused-ring (bicyclic) bond motifs is 2. The van der Waals surface area contributed by atoms with Crippen molar-refractivity contribution < 1.29 is 37.9 Å². The number of hydrogen-bond donors (Lipinski definition) is 0. The Morgan fingerprint density at radius 1 is 1.40 bits per heavy atom. The first-order valence-corrected chi connectivity index (χ1v) is 8.59. The number of carbonyl (C=O) groups excluding carboxylic acids is 2. The van der Waals surface area contributed by atoms with Gasteiger partial charge >= 0.3 is 18.9 Å². The largest absolute Gasteiger partial charge is 1.00 e. The van der Waals surface area contributed by atoms with Crippen LogP contribution in [0.3, 0.4) is 0 Å². The maximum absolute atomic E-state index is 14.2. The first kappa shape index (κ1) is 18.4. The van der Waals surface area contributed by atoms with Crippen LogP contribution in [0, 0.1) is 9.39 Å². The number of aryl methyl sites for hydroxylation is 1. The first-order chi connectivity index (χ1) is 11.5. The van der Waals surface area contributed by atoms with Crippen LogP contribution in [0.2, 0.25) is 0 Å².